The third-order valence-corrected chi connectivity index (χ3v) is 6.04. The van der Waals surface area contributed by atoms with Crippen LogP contribution in [0.1, 0.15) is 17.8 Å². The van der Waals surface area contributed by atoms with Crippen molar-refractivity contribution in [3.63, 3.8) is 0 Å². The summed E-state index contributed by atoms with van der Waals surface area (Å²) in [5, 5.41) is 14.2. The molecular formula is C20H17BrFN5O2S. The minimum atomic E-state index is -0.520. The van der Waals surface area contributed by atoms with Crippen molar-refractivity contribution in [1.82, 2.24) is 25.4 Å². The number of rotatable bonds is 6. The van der Waals surface area contributed by atoms with Crippen LogP contribution in [0.5, 0.6) is 0 Å². The first-order valence-electron chi connectivity index (χ1n) is 9.16. The van der Waals surface area contributed by atoms with Gasteiger partial charge in [-0.3, -0.25) is 14.7 Å². The van der Waals surface area contributed by atoms with Gasteiger partial charge in [0.25, 0.3) is 0 Å². The number of hydrogen-bond donors (Lipinski definition) is 2. The number of halogens is 2. The lowest BCUT2D eigenvalue weighted by molar-refractivity contribution is -0.121. The van der Waals surface area contributed by atoms with Crippen LogP contribution < -0.4 is 10.6 Å². The van der Waals surface area contributed by atoms with Crippen molar-refractivity contribution < 1.29 is 14.0 Å². The molecule has 1 saturated heterocycles. The van der Waals surface area contributed by atoms with Gasteiger partial charge in [-0.15, -0.1) is 10.2 Å². The van der Waals surface area contributed by atoms with Crippen LogP contribution in [0.25, 0.3) is 5.69 Å². The van der Waals surface area contributed by atoms with Gasteiger partial charge in [0, 0.05) is 34.8 Å². The number of nitrogens with one attached hydrogen (secondary N) is 2. The molecule has 0 saturated carbocycles. The van der Waals surface area contributed by atoms with Gasteiger partial charge in [-0.1, -0.05) is 39.8 Å². The molecule has 2 heterocycles. The van der Waals surface area contributed by atoms with Gasteiger partial charge in [0.2, 0.25) is 5.91 Å². The molecule has 1 aliphatic heterocycles. The Morgan fingerprint density at radius 3 is 2.53 bits per heavy atom. The molecule has 0 bridgehead atoms. The molecule has 1 aliphatic rings. The lowest BCUT2D eigenvalue weighted by Crippen LogP contribution is -2.53. The minimum absolute atomic E-state index is 0.156. The lowest BCUT2D eigenvalue weighted by Gasteiger charge is -2.23. The van der Waals surface area contributed by atoms with Crippen LogP contribution in [-0.2, 0) is 17.0 Å². The van der Waals surface area contributed by atoms with E-state index in [1.807, 2.05) is 28.8 Å². The van der Waals surface area contributed by atoms with Gasteiger partial charge in [-0.25, -0.2) is 9.18 Å². The number of urea groups is 1. The van der Waals surface area contributed by atoms with Gasteiger partial charge in [0.15, 0.2) is 5.16 Å². The molecule has 4 rings (SSSR count). The van der Waals surface area contributed by atoms with Gasteiger partial charge < -0.3 is 5.32 Å². The number of benzene rings is 2. The highest BCUT2D eigenvalue weighted by atomic mass is 79.9. The van der Waals surface area contributed by atoms with Gasteiger partial charge >= 0.3 is 6.03 Å². The molecule has 154 valence electrons. The fourth-order valence-electron chi connectivity index (χ4n) is 3.12. The van der Waals surface area contributed by atoms with Gasteiger partial charge in [-0.05, 0) is 42.0 Å². The summed E-state index contributed by atoms with van der Waals surface area (Å²) in [7, 11) is 0. The first kappa shape index (κ1) is 20.5. The van der Waals surface area contributed by atoms with Crippen LogP contribution in [0.2, 0.25) is 0 Å². The standard InChI is InChI=1S/C20H17BrFN5O2S/c21-13-3-1-12(2-4-13)11-30-20-26-25-17(9-15-10-18(28)24-19(29)23-15)27(20)16-7-5-14(22)6-8-16/h1-8,15H,9-11H2,(H2,23,24,28,29). The summed E-state index contributed by atoms with van der Waals surface area (Å²) in [6, 6.07) is 13.1. The van der Waals surface area contributed by atoms with Crippen molar-refractivity contribution in [3.8, 4) is 5.69 Å². The van der Waals surface area contributed by atoms with Crippen molar-refractivity contribution in [2.45, 2.75) is 29.8 Å². The molecule has 3 aromatic rings. The van der Waals surface area contributed by atoms with Crippen LogP contribution in [-0.4, -0.2) is 32.7 Å². The van der Waals surface area contributed by atoms with E-state index in [0.29, 0.717) is 28.8 Å². The second kappa shape index (κ2) is 8.97. The first-order valence-corrected chi connectivity index (χ1v) is 10.9. The molecule has 0 spiro atoms. The summed E-state index contributed by atoms with van der Waals surface area (Å²) in [5.41, 5.74) is 1.83. The Hall–Kier alpha value is -2.72. The molecule has 1 fully saturated rings. The molecule has 1 unspecified atom stereocenters. The van der Waals surface area contributed by atoms with E-state index in [9.17, 15) is 14.0 Å². The second-order valence-electron chi connectivity index (χ2n) is 6.75. The molecular weight excluding hydrogens is 473 g/mol. The van der Waals surface area contributed by atoms with Crippen molar-refractivity contribution in [3.05, 3.63) is 70.2 Å². The van der Waals surface area contributed by atoms with E-state index >= 15 is 0 Å². The van der Waals surface area contributed by atoms with E-state index in [1.54, 1.807) is 12.1 Å². The Labute approximate surface area is 184 Å². The number of hydrogen-bond acceptors (Lipinski definition) is 5. The first-order chi connectivity index (χ1) is 14.5. The zero-order valence-corrected chi connectivity index (χ0v) is 18.0. The third-order valence-electron chi connectivity index (χ3n) is 4.52. The Balaban J connectivity index is 1.61. The maximum Gasteiger partial charge on any atom is 0.321 e. The van der Waals surface area contributed by atoms with Crippen molar-refractivity contribution >= 4 is 39.6 Å². The highest BCUT2D eigenvalue weighted by molar-refractivity contribution is 9.10. The number of carbonyl (C=O) groups is 2. The molecule has 30 heavy (non-hydrogen) atoms. The molecule has 0 radical (unpaired) electrons. The van der Waals surface area contributed by atoms with Crippen LogP contribution >= 0.6 is 27.7 Å². The third kappa shape index (κ3) is 4.88. The molecule has 0 aliphatic carbocycles. The van der Waals surface area contributed by atoms with Gasteiger partial charge in [-0.2, -0.15) is 0 Å². The average Bonchev–Trinajstić information content (AvgIpc) is 3.10. The lowest BCUT2D eigenvalue weighted by atomic mass is 10.1. The quantitative estimate of drug-likeness (QED) is 0.516. The monoisotopic (exact) mass is 489 g/mol. The molecule has 2 N–H and O–H groups in total. The molecule has 3 amide bonds. The topological polar surface area (TPSA) is 88.9 Å². The fraction of sp³-hybridized carbons (Fsp3) is 0.200. The largest absolute Gasteiger partial charge is 0.334 e. The smallest absolute Gasteiger partial charge is 0.321 e. The van der Waals surface area contributed by atoms with Crippen LogP contribution in [0.4, 0.5) is 9.18 Å². The summed E-state index contributed by atoms with van der Waals surface area (Å²) in [6.07, 6.45) is 0.478. The normalized spacial score (nSPS) is 16.3. The molecule has 1 atom stereocenters. The predicted octanol–water partition coefficient (Wildman–Crippen LogP) is 3.60. The van der Waals surface area contributed by atoms with Crippen LogP contribution in [0.3, 0.4) is 0 Å². The summed E-state index contributed by atoms with van der Waals surface area (Å²) in [5.74, 6) is 0.588. The van der Waals surface area contributed by atoms with Crippen LogP contribution in [0, 0.1) is 5.82 Å². The highest BCUT2D eigenvalue weighted by Crippen LogP contribution is 2.27. The Morgan fingerprint density at radius 1 is 1.10 bits per heavy atom. The van der Waals surface area contributed by atoms with Crippen molar-refractivity contribution in [1.29, 1.82) is 0 Å². The predicted molar refractivity (Wildman–Crippen MR) is 114 cm³/mol. The van der Waals surface area contributed by atoms with E-state index in [-0.39, 0.29) is 24.2 Å². The second-order valence-corrected chi connectivity index (χ2v) is 8.61. The maximum atomic E-state index is 13.4. The maximum absolute atomic E-state index is 13.4. The number of carbonyl (C=O) groups excluding carboxylic acids is 2. The molecule has 7 nitrogen and oxygen atoms in total. The molecule has 2 aromatic carbocycles. The zero-order valence-electron chi connectivity index (χ0n) is 15.6. The SMILES string of the molecule is O=C1CC(Cc2nnc(SCc3ccc(Br)cc3)n2-c2ccc(F)cc2)NC(=O)N1. The van der Waals surface area contributed by atoms with Crippen LogP contribution in [0.15, 0.2) is 58.2 Å². The van der Waals surface area contributed by atoms with E-state index in [4.69, 9.17) is 0 Å². The zero-order chi connectivity index (χ0) is 21.1. The summed E-state index contributed by atoms with van der Waals surface area (Å²) in [6.45, 7) is 0. The van der Waals surface area contributed by atoms with E-state index in [0.717, 1.165) is 10.0 Å². The molecule has 1 aromatic heterocycles. The number of amides is 3. The Bertz CT molecular complexity index is 1060. The van der Waals surface area contributed by atoms with Crippen molar-refractivity contribution in [2.24, 2.45) is 0 Å². The summed E-state index contributed by atoms with van der Waals surface area (Å²) < 4.78 is 16.3. The molecule has 10 heteroatoms. The average molecular weight is 490 g/mol. The van der Waals surface area contributed by atoms with Gasteiger partial charge in [0.1, 0.15) is 11.6 Å². The Kier molecular flexibility index (Phi) is 6.14. The van der Waals surface area contributed by atoms with E-state index in [1.165, 1.54) is 23.9 Å². The summed E-state index contributed by atoms with van der Waals surface area (Å²) in [4.78, 5) is 23.3. The highest BCUT2D eigenvalue weighted by Gasteiger charge is 2.26. The summed E-state index contributed by atoms with van der Waals surface area (Å²) >= 11 is 4.93. The number of aromatic nitrogens is 3. The van der Waals surface area contributed by atoms with E-state index < -0.39 is 6.03 Å². The number of nitrogens with zero attached hydrogens (tertiary/aromatic N) is 3. The minimum Gasteiger partial charge on any atom is -0.334 e. The number of thioether (sulfide) groups is 1. The van der Waals surface area contributed by atoms with Gasteiger partial charge in [0.05, 0.1) is 0 Å². The van der Waals surface area contributed by atoms with Crippen molar-refractivity contribution in [2.75, 3.05) is 0 Å². The Morgan fingerprint density at radius 2 is 1.83 bits per heavy atom. The fourth-order valence-corrected chi connectivity index (χ4v) is 4.31. The van der Waals surface area contributed by atoms with E-state index in [2.05, 4.69) is 36.8 Å². The number of imide groups is 1.